The first-order valence-electron chi connectivity index (χ1n) is 7.43. The van der Waals surface area contributed by atoms with Crippen molar-refractivity contribution in [2.45, 2.75) is 13.3 Å². The van der Waals surface area contributed by atoms with Crippen molar-refractivity contribution in [3.8, 4) is 5.75 Å². The second-order valence-electron chi connectivity index (χ2n) is 5.13. The molecule has 0 heterocycles. The summed E-state index contributed by atoms with van der Waals surface area (Å²) >= 11 is 5.82. The van der Waals surface area contributed by atoms with Crippen molar-refractivity contribution in [3.63, 3.8) is 0 Å². The largest absolute Gasteiger partial charge is 0.493 e. The number of esters is 1. The molecule has 5 nitrogen and oxygen atoms in total. The summed E-state index contributed by atoms with van der Waals surface area (Å²) in [6.45, 7) is 1.80. The van der Waals surface area contributed by atoms with Gasteiger partial charge < -0.3 is 14.8 Å². The highest BCUT2D eigenvalue weighted by Gasteiger charge is 2.08. The van der Waals surface area contributed by atoms with Gasteiger partial charge in [-0.15, -0.1) is 0 Å². The lowest BCUT2D eigenvalue weighted by molar-refractivity contribution is -0.147. The summed E-state index contributed by atoms with van der Waals surface area (Å²) in [4.78, 5) is 23.3. The Morgan fingerprint density at radius 1 is 1.12 bits per heavy atom. The number of hydrogen-bond acceptors (Lipinski definition) is 4. The zero-order chi connectivity index (χ0) is 17.4. The number of hydrogen-bond donors (Lipinski definition) is 1. The van der Waals surface area contributed by atoms with Gasteiger partial charge in [0, 0.05) is 10.7 Å². The third-order valence-corrected chi connectivity index (χ3v) is 3.27. The van der Waals surface area contributed by atoms with Crippen LogP contribution in [0.3, 0.4) is 0 Å². The van der Waals surface area contributed by atoms with Crippen molar-refractivity contribution >= 4 is 29.2 Å². The average molecular weight is 348 g/mol. The number of ether oxygens (including phenoxy) is 2. The van der Waals surface area contributed by atoms with Crippen LogP contribution in [0.1, 0.15) is 12.0 Å². The first-order chi connectivity index (χ1) is 11.5. The van der Waals surface area contributed by atoms with Crippen LogP contribution in [0.5, 0.6) is 5.75 Å². The first-order valence-corrected chi connectivity index (χ1v) is 7.81. The fraction of sp³-hybridized carbons (Fsp3) is 0.222. The monoisotopic (exact) mass is 347 g/mol. The predicted octanol–water partition coefficient (Wildman–Crippen LogP) is 3.60. The van der Waals surface area contributed by atoms with Crippen LogP contribution in [0.4, 0.5) is 5.69 Å². The van der Waals surface area contributed by atoms with Gasteiger partial charge >= 0.3 is 5.97 Å². The van der Waals surface area contributed by atoms with Gasteiger partial charge in [0.1, 0.15) is 5.75 Å². The zero-order valence-corrected chi connectivity index (χ0v) is 14.0. The van der Waals surface area contributed by atoms with Gasteiger partial charge in [0.15, 0.2) is 6.61 Å². The topological polar surface area (TPSA) is 64.6 Å². The van der Waals surface area contributed by atoms with Crippen molar-refractivity contribution in [2.75, 3.05) is 18.5 Å². The second-order valence-corrected chi connectivity index (χ2v) is 5.57. The predicted molar refractivity (Wildman–Crippen MR) is 92.3 cm³/mol. The highest BCUT2D eigenvalue weighted by molar-refractivity contribution is 6.30. The summed E-state index contributed by atoms with van der Waals surface area (Å²) in [5, 5.41) is 3.11. The van der Waals surface area contributed by atoms with E-state index >= 15 is 0 Å². The smallest absolute Gasteiger partial charge is 0.309 e. The Bertz CT molecular complexity index is 718. The molecule has 0 bridgehead atoms. The fourth-order valence-electron chi connectivity index (χ4n) is 1.94. The van der Waals surface area contributed by atoms with Gasteiger partial charge in [-0.05, 0) is 42.8 Å². The van der Waals surface area contributed by atoms with E-state index in [0.717, 1.165) is 5.56 Å². The van der Waals surface area contributed by atoms with E-state index in [1.54, 1.807) is 24.3 Å². The summed E-state index contributed by atoms with van der Waals surface area (Å²) in [6.07, 6.45) is 0.0678. The molecule has 0 saturated heterocycles. The molecule has 126 valence electrons. The molecule has 0 aliphatic carbocycles. The van der Waals surface area contributed by atoms with Gasteiger partial charge in [0.05, 0.1) is 13.0 Å². The zero-order valence-electron chi connectivity index (χ0n) is 13.3. The molecular formula is C18H18ClNO4. The number of amides is 1. The number of carbonyl (C=O) groups is 2. The highest BCUT2D eigenvalue weighted by atomic mass is 35.5. The molecule has 24 heavy (non-hydrogen) atoms. The lowest BCUT2D eigenvalue weighted by Gasteiger charge is -2.08. The summed E-state index contributed by atoms with van der Waals surface area (Å²) < 4.78 is 10.4. The van der Waals surface area contributed by atoms with Crippen molar-refractivity contribution in [3.05, 3.63) is 59.1 Å². The first kappa shape index (κ1) is 17.8. The van der Waals surface area contributed by atoms with Crippen molar-refractivity contribution in [1.29, 1.82) is 0 Å². The molecule has 0 spiro atoms. The van der Waals surface area contributed by atoms with Crippen LogP contribution in [0.15, 0.2) is 48.5 Å². The van der Waals surface area contributed by atoms with E-state index in [0.29, 0.717) is 16.5 Å². The van der Waals surface area contributed by atoms with Crippen LogP contribution in [0, 0.1) is 6.92 Å². The minimum Gasteiger partial charge on any atom is -0.493 e. The number of aryl methyl sites for hydroxylation is 1. The summed E-state index contributed by atoms with van der Waals surface area (Å²) in [6, 6.07) is 14.2. The van der Waals surface area contributed by atoms with Gasteiger partial charge in [-0.2, -0.15) is 0 Å². The van der Waals surface area contributed by atoms with E-state index in [2.05, 4.69) is 5.32 Å². The number of carbonyl (C=O) groups excluding carboxylic acids is 2. The average Bonchev–Trinajstić information content (AvgIpc) is 2.53. The number of halogens is 1. The maximum absolute atomic E-state index is 11.7. The molecule has 0 aliphatic rings. The molecule has 0 radical (unpaired) electrons. The second kappa shape index (κ2) is 8.93. The molecule has 0 aliphatic heterocycles. The standard InChI is InChI=1S/C18H18ClNO4/c1-13-4-2-7-16(10-13)23-9-8-18(22)24-12-17(21)20-15-6-3-5-14(19)11-15/h2-7,10-11H,8-9,12H2,1H3,(H,20,21). The lowest BCUT2D eigenvalue weighted by Crippen LogP contribution is -2.21. The van der Waals surface area contributed by atoms with Crippen molar-refractivity contribution in [1.82, 2.24) is 0 Å². The Kier molecular flexibility index (Phi) is 6.63. The molecule has 2 rings (SSSR count). The van der Waals surface area contributed by atoms with Crippen LogP contribution in [0.2, 0.25) is 5.02 Å². The van der Waals surface area contributed by atoms with E-state index in [1.807, 2.05) is 31.2 Å². The van der Waals surface area contributed by atoms with Crippen molar-refractivity contribution in [2.24, 2.45) is 0 Å². The minimum absolute atomic E-state index is 0.0678. The molecule has 0 aromatic heterocycles. The molecule has 0 saturated carbocycles. The van der Waals surface area contributed by atoms with E-state index < -0.39 is 11.9 Å². The highest BCUT2D eigenvalue weighted by Crippen LogP contribution is 2.15. The Morgan fingerprint density at radius 2 is 1.92 bits per heavy atom. The van der Waals surface area contributed by atoms with Gasteiger partial charge in [-0.3, -0.25) is 9.59 Å². The maximum Gasteiger partial charge on any atom is 0.309 e. The van der Waals surface area contributed by atoms with E-state index in [4.69, 9.17) is 21.1 Å². The summed E-state index contributed by atoms with van der Waals surface area (Å²) in [7, 11) is 0. The Hall–Kier alpha value is -2.53. The maximum atomic E-state index is 11.7. The molecule has 0 atom stereocenters. The molecule has 2 aromatic rings. The minimum atomic E-state index is -0.496. The SMILES string of the molecule is Cc1cccc(OCCC(=O)OCC(=O)Nc2cccc(Cl)c2)c1. The molecule has 0 fully saturated rings. The Labute approximate surface area is 145 Å². The van der Waals surface area contributed by atoms with E-state index in [-0.39, 0.29) is 19.6 Å². The fourth-order valence-corrected chi connectivity index (χ4v) is 2.13. The van der Waals surface area contributed by atoms with E-state index in [1.165, 1.54) is 0 Å². The molecule has 2 aromatic carbocycles. The summed E-state index contributed by atoms with van der Waals surface area (Å²) in [5.74, 6) is -0.226. The van der Waals surface area contributed by atoms with Crippen LogP contribution in [-0.4, -0.2) is 25.1 Å². The summed E-state index contributed by atoms with van der Waals surface area (Å²) in [5.41, 5.74) is 1.62. The van der Waals surface area contributed by atoms with Crippen LogP contribution in [-0.2, 0) is 14.3 Å². The number of rotatable bonds is 7. The van der Waals surface area contributed by atoms with Crippen LogP contribution < -0.4 is 10.1 Å². The normalized spacial score (nSPS) is 10.1. The van der Waals surface area contributed by atoms with Crippen molar-refractivity contribution < 1.29 is 19.1 Å². The van der Waals surface area contributed by atoms with Gasteiger partial charge in [-0.25, -0.2) is 0 Å². The Morgan fingerprint density at radius 3 is 2.67 bits per heavy atom. The molecule has 6 heteroatoms. The third kappa shape index (κ3) is 6.30. The van der Waals surface area contributed by atoms with Crippen LogP contribution in [0.25, 0.3) is 0 Å². The van der Waals surface area contributed by atoms with Crippen LogP contribution >= 0.6 is 11.6 Å². The number of benzene rings is 2. The van der Waals surface area contributed by atoms with Gasteiger partial charge in [0.25, 0.3) is 5.91 Å². The quantitative estimate of drug-likeness (QED) is 0.777. The number of anilines is 1. The molecule has 0 unspecified atom stereocenters. The number of nitrogens with one attached hydrogen (secondary N) is 1. The molecular weight excluding hydrogens is 330 g/mol. The lowest BCUT2D eigenvalue weighted by atomic mass is 10.2. The van der Waals surface area contributed by atoms with E-state index in [9.17, 15) is 9.59 Å². The Balaban J connectivity index is 1.66. The van der Waals surface area contributed by atoms with Gasteiger partial charge in [-0.1, -0.05) is 29.8 Å². The molecule has 1 amide bonds. The van der Waals surface area contributed by atoms with Gasteiger partial charge in [0.2, 0.25) is 0 Å². The third-order valence-electron chi connectivity index (χ3n) is 3.04. The molecule has 1 N–H and O–H groups in total.